The lowest BCUT2D eigenvalue weighted by Crippen LogP contribution is -2.28. The van der Waals surface area contributed by atoms with Crippen LogP contribution in [0.1, 0.15) is 41.8 Å². The van der Waals surface area contributed by atoms with Crippen molar-refractivity contribution in [2.75, 3.05) is 6.54 Å². The summed E-state index contributed by atoms with van der Waals surface area (Å²) < 4.78 is 0. The van der Waals surface area contributed by atoms with Crippen molar-refractivity contribution in [1.29, 1.82) is 0 Å². The lowest BCUT2D eigenvalue weighted by molar-refractivity contribution is 0.198. The highest BCUT2D eigenvalue weighted by Crippen LogP contribution is 2.42. The Kier molecular flexibility index (Phi) is 2.80. The molecule has 1 atom stereocenters. The molecule has 0 amide bonds. The molecule has 1 aliphatic carbocycles. The number of rotatable bonds is 3. The van der Waals surface area contributed by atoms with Crippen molar-refractivity contribution in [1.82, 2.24) is 10.2 Å². The van der Waals surface area contributed by atoms with Gasteiger partial charge in [-0.15, -0.1) is 10.2 Å². The Balaban J connectivity index is 1.98. The van der Waals surface area contributed by atoms with Crippen LogP contribution in [0.4, 0.5) is 0 Å². The Morgan fingerprint density at radius 1 is 1.57 bits per heavy atom. The first-order valence-electron chi connectivity index (χ1n) is 4.92. The molecule has 0 radical (unpaired) electrons. The summed E-state index contributed by atoms with van der Waals surface area (Å²) in [5.41, 5.74) is 5.55. The summed E-state index contributed by atoms with van der Waals surface area (Å²) in [7, 11) is 0. The van der Waals surface area contributed by atoms with Crippen LogP contribution in [0, 0.1) is 5.92 Å². The highest BCUT2D eigenvalue weighted by Gasteiger charge is 2.31. The molecule has 78 valence electrons. The lowest BCUT2D eigenvalue weighted by atomic mass is 9.75. The van der Waals surface area contributed by atoms with Crippen LogP contribution in [0.15, 0.2) is 0 Å². The van der Waals surface area contributed by atoms with Crippen LogP contribution < -0.4 is 5.73 Å². The number of aliphatic hydroxyl groups excluding tert-OH is 1. The van der Waals surface area contributed by atoms with Crippen LogP contribution in [-0.4, -0.2) is 21.8 Å². The standard InChI is InChI=1S/C9H15N3OS/c1-5(13)8-11-12-9(14-8)7-2-6(3-7)4-10/h5-7,13H,2-4,10H2,1H3/t5-,6?,7?/m0/s1. The molecule has 1 aromatic rings. The fourth-order valence-corrected chi connectivity index (χ4v) is 2.62. The van der Waals surface area contributed by atoms with Gasteiger partial charge < -0.3 is 10.8 Å². The first-order valence-corrected chi connectivity index (χ1v) is 5.73. The average Bonchev–Trinajstić information content (AvgIpc) is 2.51. The topological polar surface area (TPSA) is 72.0 Å². The second kappa shape index (κ2) is 3.92. The summed E-state index contributed by atoms with van der Waals surface area (Å²) in [5, 5.41) is 19.1. The van der Waals surface area contributed by atoms with Crippen molar-refractivity contribution in [3.63, 3.8) is 0 Å². The molecule has 0 aromatic carbocycles. The first kappa shape index (κ1) is 10.0. The Bertz CT molecular complexity index is 307. The highest BCUT2D eigenvalue weighted by molar-refractivity contribution is 7.11. The van der Waals surface area contributed by atoms with Gasteiger partial charge in [0.2, 0.25) is 0 Å². The van der Waals surface area contributed by atoms with E-state index in [1.54, 1.807) is 6.92 Å². The maximum atomic E-state index is 9.30. The summed E-state index contributed by atoms with van der Waals surface area (Å²) in [4.78, 5) is 0. The van der Waals surface area contributed by atoms with Gasteiger partial charge in [-0.3, -0.25) is 0 Å². The van der Waals surface area contributed by atoms with Gasteiger partial charge in [0.15, 0.2) is 0 Å². The smallest absolute Gasteiger partial charge is 0.145 e. The van der Waals surface area contributed by atoms with Gasteiger partial charge in [-0.05, 0) is 32.2 Å². The number of hydrogen-bond acceptors (Lipinski definition) is 5. The molecule has 0 spiro atoms. The van der Waals surface area contributed by atoms with Gasteiger partial charge >= 0.3 is 0 Å². The van der Waals surface area contributed by atoms with E-state index in [0.717, 1.165) is 29.4 Å². The number of nitrogens with zero attached hydrogens (tertiary/aromatic N) is 2. The molecule has 4 nitrogen and oxygen atoms in total. The lowest BCUT2D eigenvalue weighted by Gasteiger charge is -2.32. The Labute approximate surface area is 87.2 Å². The molecule has 3 N–H and O–H groups in total. The second-order valence-corrected chi connectivity index (χ2v) is 4.97. The first-order chi connectivity index (χ1) is 6.70. The van der Waals surface area contributed by atoms with Crippen molar-refractivity contribution in [2.24, 2.45) is 11.7 Å². The van der Waals surface area contributed by atoms with E-state index in [0.29, 0.717) is 11.8 Å². The molecule has 1 aliphatic rings. The summed E-state index contributed by atoms with van der Waals surface area (Å²) in [6.45, 7) is 2.49. The predicted octanol–water partition coefficient (Wildman–Crippen LogP) is 1.04. The Hall–Kier alpha value is -0.520. The Morgan fingerprint density at radius 2 is 2.29 bits per heavy atom. The maximum absolute atomic E-state index is 9.30. The molecule has 0 bridgehead atoms. The van der Waals surface area contributed by atoms with Crippen LogP contribution in [0.2, 0.25) is 0 Å². The van der Waals surface area contributed by atoms with Crippen molar-refractivity contribution in [2.45, 2.75) is 31.8 Å². The number of aromatic nitrogens is 2. The van der Waals surface area contributed by atoms with Gasteiger partial charge in [-0.25, -0.2) is 0 Å². The molecular weight excluding hydrogens is 198 g/mol. The third-order valence-corrected chi connectivity index (χ3v) is 3.99. The number of nitrogens with two attached hydrogens (primary N) is 1. The second-order valence-electron chi connectivity index (χ2n) is 3.92. The van der Waals surface area contributed by atoms with Gasteiger partial charge in [0, 0.05) is 5.92 Å². The minimum atomic E-state index is -0.494. The van der Waals surface area contributed by atoms with E-state index in [9.17, 15) is 5.11 Å². The van der Waals surface area contributed by atoms with E-state index < -0.39 is 6.10 Å². The maximum Gasteiger partial charge on any atom is 0.145 e. The van der Waals surface area contributed by atoms with Crippen molar-refractivity contribution in [3.8, 4) is 0 Å². The number of hydrogen-bond donors (Lipinski definition) is 2. The zero-order chi connectivity index (χ0) is 10.1. The Morgan fingerprint density at radius 3 is 2.79 bits per heavy atom. The van der Waals surface area contributed by atoms with Crippen LogP contribution in [0.25, 0.3) is 0 Å². The molecule has 0 saturated heterocycles. The van der Waals surface area contributed by atoms with E-state index in [4.69, 9.17) is 5.73 Å². The van der Waals surface area contributed by atoms with E-state index in [2.05, 4.69) is 10.2 Å². The third kappa shape index (κ3) is 1.80. The summed E-state index contributed by atoms with van der Waals surface area (Å²) in [6.07, 6.45) is 1.77. The number of aliphatic hydroxyl groups is 1. The van der Waals surface area contributed by atoms with E-state index in [1.807, 2.05) is 0 Å². The van der Waals surface area contributed by atoms with Crippen LogP contribution in [-0.2, 0) is 0 Å². The van der Waals surface area contributed by atoms with E-state index >= 15 is 0 Å². The van der Waals surface area contributed by atoms with Crippen molar-refractivity contribution < 1.29 is 5.11 Å². The van der Waals surface area contributed by atoms with Gasteiger partial charge in [-0.2, -0.15) is 0 Å². The van der Waals surface area contributed by atoms with Crippen LogP contribution in [0.3, 0.4) is 0 Å². The monoisotopic (exact) mass is 213 g/mol. The van der Waals surface area contributed by atoms with Crippen LogP contribution >= 0.6 is 11.3 Å². The fraction of sp³-hybridized carbons (Fsp3) is 0.778. The molecule has 1 saturated carbocycles. The van der Waals surface area contributed by atoms with Gasteiger partial charge in [-0.1, -0.05) is 11.3 Å². The molecule has 0 unspecified atom stereocenters. The van der Waals surface area contributed by atoms with Crippen molar-refractivity contribution in [3.05, 3.63) is 10.0 Å². The summed E-state index contributed by atoms with van der Waals surface area (Å²) in [6, 6.07) is 0. The highest BCUT2D eigenvalue weighted by atomic mass is 32.1. The molecular formula is C9H15N3OS. The zero-order valence-corrected chi connectivity index (χ0v) is 9.00. The molecule has 2 rings (SSSR count). The molecule has 14 heavy (non-hydrogen) atoms. The fourth-order valence-electron chi connectivity index (χ4n) is 1.71. The van der Waals surface area contributed by atoms with Crippen LogP contribution in [0.5, 0.6) is 0 Å². The van der Waals surface area contributed by atoms with Crippen molar-refractivity contribution >= 4 is 11.3 Å². The average molecular weight is 213 g/mol. The molecule has 1 fully saturated rings. The normalized spacial score (nSPS) is 28.5. The quantitative estimate of drug-likeness (QED) is 0.787. The van der Waals surface area contributed by atoms with Gasteiger partial charge in [0.1, 0.15) is 16.1 Å². The minimum absolute atomic E-state index is 0.494. The summed E-state index contributed by atoms with van der Waals surface area (Å²) in [5.74, 6) is 1.20. The van der Waals surface area contributed by atoms with Gasteiger partial charge in [0.25, 0.3) is 0 Å². The third-order valence-electron chi connectivity index (χ3n) is 2.73. The molecule has 1 heterocycles. The zero-order valence-electron chi connectivity index (χ0n) is 8.18. The largest absolute Gasteiger partial charge is 0.386 e. The minimum Gasteiger partial charge on any atom is -0.386 e. The molecule has 5 heteroatoms. The summed E-state index contributed by atoms with van der Waals surface area (Å²) >= 11 is 1.52. The molecule has 0 aliphatic heterocycles. The van der Waals surface area contributed by atoms with E-state index in [-0.39, 0.29) is 0 Å². The molecule has 1 aromatic heterocycles. The van der Waals surface area contributed by atoms with Gasteiger partial charge in [0.05, 0.1) is 0 Å². The predicted molar refractivity (Wildman–Crippen MR) is 55.1 cm³/mol. The van der Waals surface area contributed by atoms with E-state index in [1.165, 1.54) is 11.3 Å². The SMILES string of the molecule is C[C@H](O)c1nnc(C2CC(CN)C2)s1.